The van der Waals surface area contributed by atoms with E-state index in [9.17, 15) is 4.79 Å². The summed E-state index contributed by atoms with van der Waals surface area (Å²) in [6.07, 6.45) is 0. The topological polar surface area (TPSA) is 50.4 Å². The monoisotopic (exact) mass is 220 g/mol. The Morgan fingerprint density at radius 2 is 2.12 bits per heavy atom. The van der Waals surface area contributed by atoms with Gasteiger partial charge in [-0.1, -0.05) is 30.3 Å². The lowest BCUT2D eigenvalue weighted by molar-refractivity contribution is -0.155. The van der Waals surface area contributed by atoms with Gasteiger partial charge in [0.15, 0.2) is 0 Å². The van der Waals surface area contributed by atoms with Crippen LogP contribution in [0.25, 0.3) is 0 Å². The predicted molar refractivity (Wildman–Crippen MR) is 60.9 cm³/mol. The second-order valence-electron chi connectivity index (χ2n) is 4.00. The molecule has 1 aromatic carbocycles. The number of carbonyl (C=O) groups is 1. The van der Waals surface area contributed by atoms with E-state index in [1.807, 2.05) is 30.3 Å². The highest BCUT2D eigenvalue weighted by Crippen LogP contribution is 2.13. The van der Waals surface area contributed by atoms with Crippen LogP contribution in [-0.2, 0) is 16.1 Å². The first-order chi connectivity index (χ1) is 7.77. The van der Waals surface area contributed by atoms with E-state index in [2.05, 4.69) is 10.6 Å². The molecule has 1 heterocycles. The van der Waals surface area contributed by atoms with E-state index in [-0.39, 0.29) is 5.97 Å². The number of carbonyl (C=O) groups excluding carboxylic acids is 1. The van der Waals surface area contributed by atoms with Crippen LogP contribution in [-0.4, -0.2) is 31.6 Å². The molecule has 1 saturated heterocycles. The Morgan fingerprint density at radius 1 is 1.44 bits per heavy atom. The summed E-state index contributed by atoms with van der Waals surface area (Å²) in [7, 11) is 1.78. The molecule has 86 valence electrons. The number of ether oxygens (including phenoxy) is 1. The predicted octanol–water partition coefficient (Wildman–Crippen LogP) is 0.291. The molecule has 0 aliphatic carbocycles. The van der Waals surface area contributed by atoms with Gasteiger partial charge in [0.05, 0.1) is 0 Å². The van der Waals surface area contributed by atoms with Crippen LogP contribution < -0.4 is 10.6 Å². The molecule has 0 aromatic heterocycles. The van der Waals surface area contributed by atoms with Crippen molar-refractivity contribution in [2.75, 3.05) is 20.1 Å². The van der Waals surface area contributed by atoms with Gasteiger partial charge in [0.2, 0.25) is 0 Å². The highest BCUT2D eigenvalue weighted by atomic mass is 16.5. The van der Waals surface area contributed by atoms with Crippen molar-refractivity contribution in [1.29, 1.82) is 0 Å². The summed E-state index contributed by atoms with van der Waals surface area (Å²) in [5.41, 5.74) is 0.490. The Bertz CT molecular complexity index is 355. The Hall–Kier alpha value is -1.39. The van der Waals surface area contributed by atoms with Gasteiger partial charge in [0.1, 0.15) is 12.1 Å². The second-order valence-corrected chi connectivity index (χ2v) is 4.00. The third-order valence-electron chi connectivity index (χ3n) is 2.94. The van der Waals surface area contributed by atoms with E-state index in [0.717, 1.165) is 5.56 Å². The lowest BCUT2D eigenvalue weighted by Crippen LogP contribution is -2.71. The molecule has 2 rings (SSSR count). The number of benzene rings is 1. The molecule has 1 aliphatic rings. The summed E-state index contributed by atoms with van der Waals surface area (Å²) in [6.45, 7) is 1.61. The Labute approximate surface area is 95.0 Å². The van der Waals surface area contributed by atoms with Crippen LogP contribution in [0.3, 0.4) is 0 Å². The quantitative estimate of drug-likeness (QED) is 0.716. The average Bonchev–Trinajstić information content (AvgIpc) is 2.27. The molecule has 0 spiro atoms. The first kappa shape index (κ1) is 11.1. The number of likely N-dealkylation sites (N-methyl/N-ethyl adjacent to an activating group) is 1. The maximum atomic E-state index is 11.8. The van der Waals surface area contributed by atoms with Crippen LogP contribution in [0.15, 0.2) is 30.3 Å². The van der Waals surface area contributed by atoms with E-state index < -0.39 is 5.54 Å². The zero-order chi connectivity index (χ0) is 11.4. The van der Waals surface area contributed by atoms with Gasteiger partial charge in [0.25, 0.3) is 0 Å². The summed E-state index contributed by atoms with van der Waals surface area (Å²) in [5, 5.41) is 6.08. The van der Waals surface area contributed by atoms with Gasteiger partial charge in [0, 0.05) is 13.1 Å². The first-order valence-electron chi connectivity index (χ1n) is 5.38. The van der Waals surface area contributed by atoms with Crippen molar-refractivity contribution in [3.63, 3.8) is 0 Å². The fourth-order valence-electron chi connectivity index (χ4n) is 1.66. The van der Waals surface area contributed by atoms with E-state index in [1.54, 1.807) is 7.05 Å². The summed E-state index contributed by atoms with van der Waals surface area (Å²) in [5.74, 6) is -0.183. The third-order valence-corrected chi connectivity index (χ3v) is 2.94. The van der Waals surface area contributed by atoms with Gasteiger partial charge in [-0.05, 0) is 12.6 Å². The molecule has 0 saturated carbocycles. The standard InChI is InChI=1S/C12H16N2O2/c1-13-12(8-14-9-12)11(15)16-7-10-5-3-2-4-6-10/h2-6,13-14H,7-9H2,1H3. The highest BCUT2D eigenvalue weighted by molar-refractivity contribution is 5.82. The molecule has 4 nitrogen and oxygen atoms in total. The third kappa shape index (κ3) is 2.08. The summed E-state index contributed by atoms with van der Waals surface area (Å²) in [6, 6.07) is 9.69. The average molecular weight is 220 g/mol. The van der Waals surface area contributed by atoms with Crippen LogP contribution in [0.1, 0.15) is 5.56 Å². The molecule has 4 heteroatoms. The summed E-state index contributed by atoms with van der Waals surface area (Å²) < 4.78 is 5.28. The van der Waals surface area contributed by atoms with Crippen molar-refractivity contribution in [3.05, 3.63) is 35.9 Å². The molecule has 16 heavy (non-hydrogen) atoms. The molecule has 0 atom stereocenters. The van der Waals surface area contributed by atoms with Crippen LogP contribution in [0.4, 0.5) is 0 Å². The number of nitrogens with one attached hydrogen (secondary N) is 2. The van der Waals surface area contributed by atoms with E-state index in [0.29, 0.717) is 19.7 Å². The van der Waals surface area contributed by atoms with Crippen LogP contribution in [0, 0.1) is 0 Å². The maximum absolute atomic E-state index is 11.8. The van der Waals surface area contributed by atoms with E-state index >= 15 is 0 Å². The highest BCUT2D eigenvalue weighted by Gasteiger charge is 2.44. The molecule has 0 amide bonds. The Morgan fingerprint density at radius 3 is 2.62 bits per heavy atom. The molecule has 0 radical (unpaired) electrons. The summed E-state index contributed by atoms with van der Waals surface area (Å²) in [4.78, 5) is 11.8. The molecular formula is C12H16N2O2. The van der Waals surface area contributed by atoms with Crippen molar-refractivity contribution >= 4 is 5.97 Å². The molecule has 1 aliphatic heterocycles. The molecule has 1 aromatic rings. The summed E-state index contributed by atoms with van der Waals surface area (Å²) >= 11 is 0. The molecular weight excluding hydrogens is 204 g/mol. The van der Waals surface area contributed by atoms with Crippen molar-refractivity contribution in [1.82, 2.24) is 10.6 Å². The molecule has 0 bridgehead atoms. The minimum atomic E-state index is -0.519. The number of hydrogen-bond acceptors (Lipinski definition) is 4. The lowest BCUT2D eigenvalue weighted by Gasteiger charge is -2.39. The van der Waals surface area contributed by atoms with E-state index in [1.165, 1.54) is 0 Å². The Kier molecular flexibility index (Phi) is 3.22. The van der Waals surface area contributed by atoms with Crippen LogP contribution >= 0.6 is 0 Å². The van der Waals surface area contributed by atoms with Crippen LogP contribution in [0.5, 0.6) is 0 Å². The smallest absolute Gasteiger partial charge is 0.329 e. The fourth-order valence-corrected chi connectivity index (χ4v) is 1.66. The van der Waals surface area contributed by atoms with Gasteiger partial charge in [-0.15, -0.1) is 0 Å². The van der Waals surface area contributed by atoms with Crippen molar-refractivity contribution in [2.24, 2.45) is 0 Å². The minimum absolute atomic E-state index is 0.183. The van der Waals surface area contributed by atoms with E-state index in [4.69, 9.17) is 4.74 Å². The number of hydrogen-bond donors (Lipinski definition) is 2. The normalized spacial score (nSPS) is 17.6. The zero-order valence-corrected chi connectivity index (χ0v) is 9.32. The minimum Gasteiger partial charge on any atom is -0.459 e. The van der Waals surface area contributed by atoms with Gasteiger partial charge in [-0.2, -0.15) is 0 Å². The first-order valence-corrected chi connectivity index (χ1v) is 5.38. The Balaban J connectivity index is 1.89. The fraction of sp³-hybridized carbons (Fsp3) is 0.417. The number of esters is 1. The molecule has 0 unspecified atom stereocenters. The van der Waals surface area contributed by atoms with Gasteiger partial charge >= 0.3 is 5.97 Å². The van der Waals surface area contributed by atoms with Crippen molar-refractivity contribution in [2.45, 2.75) is 12.1 Å². The number of rotatable bonds is 4. The van der Waals surface area contributed by atoms with Gasteiger partial charge in [-0.3, -0.25) is 0 Å². The molecule has 2 N–H and O–H groups in total. The van der Waals surface area contributed by atoms with Crippen molar-refractivity contribution < 1.29 is 9.53 Å². The largest absolute Gasteiger partial charge is 0.459 e. The van der Waals surface area contributed by atoms with Gasteiger partial charge in [-0.25, -0.2) is 4.79 Å². The zero-order valence-electron chi connectivity index (χ0n) is 9.32. The maximum Gasteiger partial charge on any atom is 0.329 e. The van der Waals surface area contributed by atoms with Gasteiger partial charge < -0.3 is 15.4 Å². The van der Waals surface area contributed by atoms with Crippen molar-refractivity contribution in [3.8, 4) is 0 Å². The van der Waals surface area contributed by atoms with Crippen LogP contribution in [0.2, 0.25) is 0 Å². The second kappa shape index (κ2) is 4.63. The lowest BCUT2D eigenvalue weighted by atomic mass is 9.93. The SMILES string of the molecule is CNC1(C(=O)OCc2ccccc2)CNC1. The molecule has 1 fully saturated rings.